The molecule has 0 aliphatic heterocycles. The Bertz CT molecular complexity index is 463. The monoisotopic (exact) mass is 270 g/mol. The van der Waals surface area contributed by atoms with Gasteiger partial charge in [-0.15, -0.1) is 0 Å². The van der Waals surface area contributed by atoms with Crippen LogP contribution in [0.5, 0.6) is 0 Å². The number of anilines is 2. The summed E-state index contributed by atoms with van der Waals surface area (Å²) in [5.74, 6) is 0. The van der Waals surface area contributed by atoms with Gasteiger partial charge in [0.25, 0.3) is 6.43 Å². The Hall–Kier alpha value is -1.36. The number of nitrogen functional groups attached to an aromatic ring is 1. The highest BCUT2D eigenvalue weighted by atomic mass is 19.3. The molecule has 0 saturated heterocycles. The van der Waals surface area contributed by atoms with Crippen molar-refractivity contribution in [3.8, 4) is 0 Å². The van der Waals surface area contributed by atoms with Crippen molar-refractivity contribution in [3.63, 3.8) is 0 Å². The molecular formula is C14H20F2N2O. The van der Waals surface area contributed by atoms with Crippen molar-refractivity contribution in [2.75, 3.05) is 18.2 Å². The Morgan fingerprint density at radius 3 is 2.63 bits per heavy atom. The zero-order valence-electron chi connectivity index (χ0n) is 11.4. The summed E-state index contributed by atoms with van der Waals surface area (Å²) < 4.78 is 31.3. The molecule has 2 atom stereocenters. The summed E-state index contributed by atoms with van der Waals surface area (Å²) in [5, 5.41) is 3.19. The Labute approximate surface area is 112 Å². The van der Waals surface area contributed by atoms with Gasteiger partial charge in [-0.1, -0.05) is 13.8 Å². The van der Waals surface area contributed by atoms with Crippen molar-refractivity contribution in [3.05, 3.63) is 23.8 Å². The van der Waals surface area contributed by atoms with Crippen LogP contribution in [0.15, 0.2) is 18.2 Å². The third-order valence-electron chi connectivity index (χ3n) is 4.10. The van der Waals surface area contributed by atoms with Crippen molar-refractivity contribution in [2.45, 2.75) is 38.8 Å². The molecular weight excluding hydrogens is 250 g/mol. The molecule has 0 bridgehead atoms. The Balaban J connectivity index is 2.17. The number of rotatable bonds is 4. The fourth-order valence-corrected chi connectivity index (χ4v) is 2.61. The van der Waals surface area contributed by atoms with Crippen LogP contribution in [-0.2, 0) is 4.74 Å². The maximum absolute atomic E-state index is 13.0. The van der Waals surface area contributed by atoms with E-state index < -0.39 is 6.43 Å². The summed E-state index contributed by atoms with van der Waals surface area (Å²) in [5.41, 5.74) is 6.25. The van der Waals surface area contributed by atoms with E-state index in [0.29, 0.717) is 11.4 Å². The summed E-state index contributed by atoms with van der Waals surface area (Å²) in [6.07, 6.45) is -1.56. The van der Waals surface area contributed by atoms with Crippen molar-refractivity contribution in [1.29, 1.82) is 0 Å². The first-order valence-electron chi connectivity index (χ1n) is 6.33. The van der Waals surface area contributed by atoms with Gasteiger partial charge in [-0.05, 0) is 24.6 Å². The van der Waals surface area contributed by atoms with Gasteiger partial charge >= 0.3 is 0 Å². The first kappa shape index (κ1) is 14.1. The molecule has 106 valence electrons. The molecule has 1 aliphatic rings. The van der Waals surface area contributed by atoms with E-state index in [1.807, 2.05) is 0 Å². The van der Waals surface area contributed by atoms with E-state index in [9.17, 15) is 8.78 Å². The molecule has 3 N–H and O–H groups in total. The summed E-state index contributed by atoms with van der Waals surface area (Å²) in [6.45, 7) is 4.14. The van der Waals surface area contributed by atoms with Gasteiger partial charge in [0.1, 0.15) is 0 Å². The molecule has 3 nitrogen and oxygen atoms in total. The molecule has 0 spiro atoms. The van der Waals surface area contributed by atoms with Crippen LogP contribution < -0.4 is 11.1 Å². The van der Waals surface area contributed by atoms with Gasteiger partial charge in [-0.25, -0.2) is 8.78 Å². The van der Waals surface area contributed by atoms with E-state index in [1.165, 1.54) is 6.07 Å². The average Bonchev–Trinajstić information content (AvgIpc) is 2.35. The SMILES string of the molecule is COC1CC(Nc2ccc(N)cc2C(F)F)C1(C)C. The summed E-state index contributed by atoms with van der Waals surface area (Å²) in [7, 11) is 1.68. The maximum Gasteiger partial charge on any atom is 0.265 e. The molecule has 0 radical (unpaired) electrons. The number of benzene rings is 1. The smallest absolute Gasteiger partial charge is 0.265 e. The second-order valence-electron chi connectivity index (χ2n) is 5.63. The number of hydrogen-bond acceptors (Lipinski definition) is 3. The number of nitrogens with one attached hydrogen (secondary N) is 1. The summed E-state index contributed by atoms with van der Waals surface area (Å²) in [6, 6.07) is 4.70. The third-order valence-corrected chi connectivity index (χ3v) is 4.10. The van der Waals surface area contributed by atoms with Gasteiger partial charge in [-0.3, -0.25) is 0 Å². The summed E-state index contributed by atoms with van der Waals surface area (Å²) in [4.78, 5) is 0. The van der Waals surface area contributed by atoms with Crippen LogP contribution in [0.1, 0.15) is 32.3 Å². The lowest BCUT2D eigenvalue weighted by atomic mass is 9.64. The van der Waals surface area contributed by atoms with Crippen LogP contribution in [0.2, 0.25) is 0 Å². The predicted molar refractivity (Wildman–Crippen MR) is 72.4 cm³/mol. The first-order valence-corrected chi connectivity index (χ1v) is 6.33. The molecule has 19 heavy (non-hydrogen) atoms. The lowest BCUT2D eigenvalue weighted by molar-refractivity contribution is -0.0795. The molecule has 0 amide bonds. The third kappa shape index (κ3) is 2.52. The second-order valence-corrected chi connectivity index (χ2v) is 5.63. The largest absolute Gasteiger partial charge is 0.399 e. The van der Waals surface area contributed by atoms with E-state index in [-0.39, 0.29) is 23.1 Å². The normalized spacial score (nSPS) is 25.2. The highest BCUT2D eigenvalue weighted by molar-refractivity contribution is 5.59. The topological polar surface area (TPSA) is 47.3 Å². The molecule has 1 aromatic carbocycles. The Morgan fingerprint density at radius 2 is 2.11 bits per heavy atom. The fraction of sp³-hybridized carbons (Fsp3) is 0.571. The standard InChI is InChI=1S/C14H20F2N2O/c1-14(2)11(7-12(14)19-3)18-10-5-4-8(17)6-9(10)13(15)16/h4-6,11-13,18H,7,17H2,1-3H3. The zero-order chi connectivity index (χ0) is 14.2. The number of methoxy groups -OCH3 is 1. The minimum Gasteiger partial charge on any atom is -0.399 e. The molecule has 5 heteroatoms. The summed E-state index contributed by atoms with van der Waals surface area (Å²) >= 11 is 0. The van der Waals surface area contributed by atoms with Crippen LogP contribution in [0, 0.1) is 5.41 Å². The van der Waals surface area contributed by atoms with E-state index in [1.54, 1.807) is 19.2 Å². The predicted octanol–water partition coefficient (Wildman–Crippen LogP) is 3.43. The minimum absolute atomic E-state index is 0.0448. The highest BCUT2D eigenvalue weighted by Crippen LogP contribution is 2.45. The van der Waals surface area contributed by atoms with Crippen molar-refractivity contribution >= 4 is 11.4 Å². The lowest BCUT2D eigenvalue weighted by Gasteiger charge is -2.51. The van der Waals surface area contributed by atoms with E-state index >= 15 is 0 Å². The van der Waals surface area contributed by atoms with Crippen molar-refractivity contribution in [2.24, 2.45) is 5.41 Å². The maximum atomic E-state index is 13.0. The van der Waals surface area contributed by atoms with Gasteiger partial charge in [0.15, 0.2) is 0 Å². The second kappa shape index (κ2) is 4.96. The molecule has 2 unspecified atom stereocenters. The quantitative estimate of drug-likeness (QED) is 0.824. The molecule has 1 fully saturated rings. The van der Waals surface area contributed by atoms with Crippen LogP contribution in [0.4, 0.5) is 20.2 Å². The first-order chi connectivity index (χ1) is 8.86. The van der Waals surface area contributed by atoms with Gasteiger partial charge in [0.2, 0.25) is 0 Å². The van der Waals surface area contributed by atoms with Gasteiger partial charge in [-0.2, -0.15) is 0 Å². The molecule has 1 aliphatic carbocycles. The molecule has 2 rings (SSSR count). The number of halogens is 2. The zero-order valence-corrected chi connectivity index (χ0v) is 11.4. The molecule has 0 heterocycles. The molecule has 1 saturated carbocycles. The van der Waals surface area contributed by atoms with Gasteiger partial charge in [0.05, 0.1) is 6.10 Å². The van der Waals surface area contributed by atoms with E-state index in [0.717, 1.165) is 6.42 Å². The molecule has 1 aromatic rings. The van der Waals surface area contributed by atoms with Crippen LogP contribution in [0.3, 0.4) is 0 Å². The van der Waals surface area contributed by atoms with Crippen molar-refractivity contribution in [1.82, 2.24) is 0 Å². The number of alkyl halides is 2. The van der Waals surface area contributed by atoms with Gasteiger partial charge in [0, 0.05) is 35.5 Å². The lowest BCUT2D eigenvalue weighted by Crippen LogP contribution is -2.57. The highest BCUT2D eigenvalue weighted by Gasteiger charge is 2.48. The average molecular weight is 270 g/mol. The van der Waals surface area contributed by atoms with E-state index in [4.69, 9.17) is 10.5 Å². The van der Waals surface area contributed by atoms with Crippen LogP contribution in [0.25, 0.3) is 0 Å². The fourth-order valence-electron chi connectivity index (χ4n) is 2.61. The Kier molecular flexibility index (Phi) is 3.67. The number of hydrogen-bond donors (Lipinski definition) is 2. The van der Waals surface area contributed by atoms with Crippen LogP contribution in [-0.4, -0.2) is 19.3 Å². The van der Waals surface area contributed by atoms with E-state index in [2.05, 4.69) is 19.2 Å². The molecule has 0 aromatic heterocycles. The minimum atomic E-state index is -2.53. The van der Waals surface area contributed by atoms with Crippen LogP contribution >= 0.6 is 0 Å². The van der Waals surface area contributed by atoms with Gasteiger partial charge < -0.3 is 15.8 Å². The van der Waals surface area contributed by atoms with Crippen molar-refractivity contribution < 1.29 is 13.5 Å². The number of nitrogens with two attached hydrogens (primary N) is 1. The number of ether oxygens (including phenoxy) is 1. The Morgan fingerprint density at radius 1 is 1.42 bits per heavy atom.